The van der Waals surface area contributed by atoms with Crippen LogP contribution in [0.2, 0.25) is 0 Å². The molecule has 2 aromatic rings. The SMILES string of the molecule is CCCc1ccc(-c2cc(CBr)no2)cc1. The first kappa shape index (κ1) is 11.4. The molecule has 0 radical (unpaired) electrons. The summed E-state index contributed by atoms with van der Waals surface area (Å²) in [4.78, 5) is 0. The van der Waals surface area contributed by atoms with Crippen LogP contribution in [0.4, 0.5) is 0 Å². The van der Waals surface area contributed by atoms with Gasteiger partial charge < -0.3 is 4.52 Å². The minimum absolute atomic E-state index is 0.727. The fourth-order valence-electron chi connectivity index (χ4n) is 1.64. The average molecular weight is 280 g/mol. The molecule has 0 unspecified atom stereocenters. The van der Waals surface area contributed by atoms with Crippen molar-refractivity contribution in [1.82, 2.24) is 5.16 Å². The van der Waals surface area contributed by atoms with Gasteiger partial charge in [0.15, 0.2) is 5.76 Å². The van der Waals surface area contributed by atoms with Gasteiger partial charge in [0, 0.05) is 17.0 Å². The van der Waals surface area contributed by atoms with Crippen LogP contribution in [0, 0.1) is 0 Å². The fourth-order valence-corrected chi connectivity index (χ4v) is 1.90. The molecular formula is C13H14BrNO. The predicted octanol–water partition coefficient (Wildman–Crippen LogP) is 4.19. The van der Waals surface area contributed by atoms with Crippen LogP contribution >= 0.6 is 15.9 Å². The molecule has 0 spiro atoms. The summed E-state index contributed by atoms with van der Waals surface area (Å²) in [6.45, 7) is 2.19. The van der Waals surface area contributed by atoms with E-state index in [1.165, 1.54) is 12.0 Å². The number of halogens is 1. The van der Waals surface area contributed by atoms with Gasteiger partial charge in [0.25, 0.3) is 0 Å². The zero-order chi connectivity index (χ0) is 11.4. The fraction of sp³-hybridized carbons (Fsp3) is 0.308. The third-order valence-electron chi connectivity index (χ3n) is 2.47. The molecule has 84 valence electrons. The molecule has 0 N–H and O–H groups in total. The van der Waals surface area contributed by atoms with Gasteiger partial charge in [-0.15, -0.1) is 0 Å². The summed E-state index contributed by atoms with van der Waals surface area (Å²) in [6.07, 6.45) is 2.30. The lowest BCUT2D eigenvalue weighted by molar-refractivity contribution is 0.426. The number of hydrogen-bond acceptors (Lipinski definition) is 2. The Kier molecular flexibility index (Phi) is 3.78. The Bertz CT molecular complexity index is 447. The van der Waals surface area contributed by atoms with Crippen LogP contribution in [0.1, 0.15) is 24.6 Å². The first-order valence-electron chi connectivity index (χ1n) is 5.44. The molecule has 0 aliphatic rings. The van der Waals surface area contributed by atoms with Gasteiger partial charge in [-0.1, -0.05) is 58.7 Å². The smallest absolute Gasteiger partial charge is 0.167 e. The lowest BCUT2D eigenvalue weighted by Crippen LogP contribution is -1.82. The maximum Gasteiger partial charge on any atom is 0.167 e. The summed E-state index contributed by atoms with van der Waals surface area (Å²) < 4.78 is 5.26. The maximum atomic E-state index is 5.26. The highest BCUT2D eigenvalue weighted by Gasteiger charge is 2.05. The highest BCUT2D eigenvalue weighted by molar-refractivity contribution is 9.08. The van der Waals surface area contributed by atoms with Crippen LogP contribution in [0.25, 0.3) is 11.3 Å². The van der Waals surface area contributed by atoms with Crippen molar-refractivity contribution in [2.24, 2.45) is 0 Å². The second kappa shape index (κ2) is 5.30. The second-order valence-corrected chi connectivity index (χ2v) is 4.32. The van der Waals surface area contributed by atoms with E-state index in [-0.39, 0.29) is 0 Å². The molecule has 3 heteroatoms. The molecule has 2 rings (SSSR count). The van der Waals surface area contributed by atoms with Gasteiger partial charge in [0.2, 0.25) is 0 Å². The first-order chi connectivity index (χ1) is 7.83. The minimum atomic E-state index is 0.727. The first-order valence-corrected chi connectivity index (χ1v) is 6.56. The highest BCUT2D eigenvalue weighted by Crippen LogP contribution is 2.21. The Hall–Kier alpha value is -1.09. The standard InChI is InChI=1S/C13H14BrNO/c1-2-3-10-4-6-11(7-5-10)13-8-12(9-14)15-16-13/h4-8H,2-3,9H2,1H3. The van der Waals surface area contributed by atoms with Crippen molar-refractivity contribution in [1.29, 1.82) is 0 Å². The Labute approximate surface area is 104 Å². The van der Waals surface area contributed by atoms with Gasteiger partial charge in [-0.2, -0.15) is 0 Å². The topological polar surface area (TPSA) is 26.0 Å². The molecule has 0 saturated carbocycles. The predicted molar refractivity (Wildman–Crippen MR) is 68.6 cm³/mol. The molecule has 0 fully saturated rings. The van der Waals surface area contributed by atoms with Gasteiger partial charge in [-0.3, -0.25) is 0 Å². The number of aryl methyl sites for hydroxylation is 1. The zero-order valence-electron chi connectivity index (χ0n) is 9.24. The summed E-state index contributed by atoms with van der Waals surface area (Å²) in [7, 11) is 0. The van der Waals surface area contributed by atoms with Gasteiger partial charge in [0.05, 0.1) is 5.69 Å². The molecule has 0 amide bonds. The maximum absolute atomic E-state index is 5.26. The summed E-state index contributed by atoms with van der Waals surface area (Å²) in [5.74, 6) is 0.831. The Balaban J connectivity index is 2.20. The van der Waals surface area contributed by atoms with Crippen LogP contribution in [0.5, 0.6) is 0 Å². The quantitative estimate of drug-likeness (QED) is 0.785. The van der Waals surface area contributed by atoms with E-state index in [9.17, 15) is 0 Å². The number of rotatable bonds is 4. The largest absolute Gasteiger partial charge is 0.356 e. The van der Waals surface area contributed by atoms with Gasteiger partial charge in [-0.05, 0) is 12.0 Å². The van der Waals surface area contributed by atoms with Crippen molar-refractivity contribution in [3.63, 3.8) is 0 Å². The molecule has 1 heterocycles. The molecule has 0 bridgehead atoms. The summed E-state index contributed by atoms with van der Waals surface area (Å²) in [6, 6.07) is 10.4. The molecule has 0 aliphatic carbocycles. The van der Waals surface area contributed by atoms with Crippen LogP contribution < -0.4 is 0 Å². The van der Waals surface area contributed by atoms with Crippen LogP contribution in [0.15, 0.2) is 34.9 Å². The second-order valence-electron chi connectivity index (χ2n) is 3.76. The van der Waals surface area contributed by atoms with Crippen molar-refractivity contribution >= 4 is 15.9 Å². The Morgan fingerprint density at radius 3 is 2.56 bits per heavy atom. The van der Waals surface area contributed by atoms with Crippen molar-refractivity contribution in [3.8, 4) is 11.3 Å². The van der Waals surface area contributed by atoms with E-state index in [1.54, 1.807) is 0 Å². The van der Waals surface area contributed by atoms with Crippen LogP contribution in [-0.2, 0) is 11.8 Å². The van der Waals surface area contributed by atoms with E-state index >= 15 is 0 Å². The van der Waals surface area contributed by atoms with Crippen molar-refractivity contribution < 1.29 is 4.52 Å². The Morgan fingerprint density at radius 2 is 2.00 bits per heavy atom. The van der Waals surface area contributed by atoms with E-state index in [4.69, 9.17) is 4.52 Å². The van der Waals surface area contributed by atoms with Crippen molar-refractivity contribution in [3.05, 3.63) is 41.6 Å². The monoisotopic (exact) mass is 279 g/mol. The molecular weight excluding hydrogens is 266 g/mol. The molecule has 0 aliphatic heterocycles. The minimum Gasteiger partial charge on any atom is -0.356 e. The normalized spacial score (nSPS) is 10.6. The summed E-state index contributed by atoms with van der Waals surface area (Å²) in [5.41, 5.74) is 3.37. The number of nitrogens with zero attached hydrogens (tertiary/aromatic N) is 1. The zero-order valence-corrected chi connectivity index (χ0v) is 10.8. The molecule has 1 aromatic heterocycles. The van der Waals surface area contributed by atoms with Gasteiger partial charge in [0.1, 0.15) is 0 Å². The number of aromatic nitrogens is 1. The van der Waals surface area contributed by atoms with Crippen LogP contribution in [0.3, 0.4) is 0 Å². The van der Waals surface area contributed by atoms with E-state index in [0.29, 0.717) is 0 Å². The van der Waals surface area contributed by atoms with E-state index in [1.807, 2.05) is 6.07 Å². The lowest BCUT2D eigenvalue weighted by Gasteiger charge is -1.99. The van der Waals surface area contributed by atoms with Gasteiger partial charge in [-0.25, -0.2) is 0 Å². The number of alkyl halides is 1. The molecule has 0 atom stereocenters. The van der Waals surface area contributed by atoms with Crippen molar-refractivity contribution in [2.75, 3.05) is 0 Å². The molecule has 2 nitrogen and oxygen atoms in total. The third kappa shape index (κ3) is 2.53. The van der Waals surface area contributed by atoms with Crippen molar-refractivity contribution in [2.45, 2.75) is 25.1 Å². The highest BCUT2D eigenvalue weighted by atomic mass is 79.9. The Morgan fingerprint density at radius 1 is 1.25 bits per heavy atom. The number of benzene rings is 1. The van der Waals surface area contributed by atoms with Crippen LogP contribution in [-0.4, -0.2) is 5.16 Å². The number of hydrogen-bond donors (Lipinski definition) is 0. The third-order valence-corrected chi connectivity index (χ3v) is 3.05. The average Bonchev–Trinajstić information content (AvgIpc) is 2.79. The van der Waals surface area contributed by atoms with Gasteiger partial charge >= 0.3 is 0 Å². The molecule has 16 heavy (non-hydrogen) atoms. The molecule has 1 aromatic carbocycles. The lowest BCUT2D eigenvalue weighted by atomic mass is 10.1. The summed E-state index contributed by atoms with van der Waals surface area (Å²) >= 11 is 3.35. The summed E-state index contributed by atoms with van der Waals surface area (Å²) in [5, 5.41) is 4.67. The molecule has 0 saturated heterocycles. The van der Waals surface area contributed by atoms with E-state index < -0.39 is 0 Å². The van der Waals surface area contributed by atoms with E-state index in [2.05, 4.69) is 52.3 Å². The van der Waals surface area contributed by atoms with E-state index in [0.717, 1.165) is 28.8 Å².